The Morgan fingerprint density at radius 3 is 2.47 bits per heavy atom. The Morgan fingerprint density at radius 1 is 1.03 bits per heavy atom. The highest BCUT2D eigenvalue weighted by molar-refractivity contribution is 5.85. The molecule has 178 valence electrons. The number of hydrogen-bond donors (Lipinski definition) is 1. The Bertz CT molecular complexity index is 1150. The van der Waals surface area contributed by atoms with Crippen LogP contribution in [0, 0.1) is 19.7 Å². The summed E-state index contributed by atoms with van der Waals surface area (Å²) in [5.74, 6) is -1.15. The average Bonchev–Trinajstić information content (AvgIpc) is 2.80. The second-order valence-electron chi connectivity index (χ2n) is 7.66. The maximum absolute atomic E-state index is 14.1. The van der Waals surface area contributed by atoms with Crippen LogP contribution in [0.15, 0.2) is 59.6 Å². The Balaban J connectivity index is 1.75. The van der Waals surface area contributed by atoms with Gasteiger partial charge in [0.05, 0.1) is 12.3 Å². The third-order valence-electron chi connectivity index (χ3n) is 5.01. The molecule has 34 heavy (non-hydrogen) atoms. The van der Waals surface area contributed by atoms with Gasteiger partial charge in [-0.2, -0.15) is 0 Å². The molecule has 3 rings (SSSR count). The van der Waals surface area contributed by atoms with Crippen molar-refractivity contribution in [3.63, 3.8) is 0 Å². The van der Waals surface area contributed by atoms with Crippen LogP contribution in [-0.4, -0.2) is 43.7 Å². The lowest BCUT2D eigenvalue weighted by Gasteiger charge is -2.14. The first-order valence-electron chi connectivity index (χ1n) is 11.0. The number of carboxylic acid groups (broad SMARTS) is 1. The molecule has 0 unspecified atom stereocenters. The van der Waals surface area contributed by atoms with E-state index in [4.69, 9.17) is 19.3 Å². The van der Waals surface area contributed by atoms with E-state index in [2.05, 4.69) is 18.8 Å². The Labute approximate surface area is 198 Å². The molecule has 0 amide bonds. The number of hydrogen-bond acceptors (Lipinski definition) is 5. The van der Waals surface area contributed by atoms with Gasteiger partial charge in [-0.3, -0.25) is 4.99 Å². The van der Waals surface area contributed by atoms with Crippen molar-refractivity contribution in [1.29, 1.82) is 0 Å². The number of aliphatic carboxylic acids is 1. The number of ether oxygens (including phenoxy) is 3. The number of benzene rings is 3. The van der Waals surface area contributed by atoms with Crippen molar-refractivity contribution < 1.29 is 28.5 Å². The summed E-state index contributed by atoms with van der Waals surface area (Å²) in [6.45, 7) is 7.18. The van der Waals surface area contributed by atoms with E-state index >= 15 is 0 Å². The van der Waals surface area contributed by atoms with E-state index in [1.807, 2.05) is 43.3 Å². The van der Waals surface area contributed by atoms with Crippen molar-refractivity contribution in [3.05, 3.63) is 77.1 Å². The highest BCUT2D eigenvalue weighted by atomic mass is 19.1. The molecule has 6 nitrogen and oxygen atoms in total. The van der Waals surface area contributed by atoms with Crippen molar-refractivity contribution in [2.75, 3.05) is 26.4 Å². The first-order chi connectivity index (χ1) is 16.4. The largest absolute Gasteiger partial charge is 0.491 e. The van der Waals surface area contributed by atoms with E-state index in [0.717, 1.165) is 33.6 Å². The van der Waals surface area contributed by atoms with Gasteiger partial charge in [0, 0.05) is 18.9 Å². The number of carboxylic acids is 1. The first kappa shape index (κ1) is 24.9. The van der Waals surface area contributed by atoms with Gasteiger partial charge in [0.1, 0.15) is 12.4 Å². The van der Waals surface area contributed by atoms with Gasteiger partial charge in [-0.05, 0) is 78.9 Å². The van der Waals surface area contributed by atoms with Crippen LogP contribution in [0.4, 0.5) is 10.1 Å². The SMILES string of the molecule is CCOCCOc1cc(C)c(-c2cccc(C=Nc3ccc(OCC(=O)O)c(F)c3)c2)c(C)c1. The molecule has 0 spiro atoms. The minimum atomic E-state index is -1.17. The van der Waals surface area contributed by atoms with E-state index in [-0.39, 0.29) is 5.75 Å². The number of rotatable bonds is 11. The average molecular weight is 466 g/mol. The standard InChI is InChI=1S/C27H28FNO5/c1-4-32-10-11-33-23-12-18(2)27(19(3)13-23)21-7-5-6-20(14-21)16-29-22-8-9-25(24(28)15-22)34-17-26(30)31/h5-9,12-16H,4,10-11,17H2,1-3H3,(H,30,31). The summed E-state index contributed by atoms with van der Waals surface area (Å²) in [5.41, 5.74) is 5.62. The van der Waals surface area contributed by atoms with Crippen LogP contribution in [0.25, 0.3) is 11.1 Å². The highest BCUT2D eigenvalue weighted by Crippen LogP contribution is 2.31. The summed E-state index contributed by atoms with van der Waals surface area (Å²) >= 11 is 0. The van der Waals surface area contributed by atoms with Gasteiger partial charge in [0.15, 0.2) is 18.2 Å². The molecule has 0 bridgehead atoms. The quantitative estimate of drug-likeness (QED) is 0.289. The molecule has 1 N–H and O–H groups in total. The van der Waals surface area contributed by atoms with Crippen molar-refractivity contribution in [3.8, 4) is 22.6 Å². The molecule has 0 aliphatic rings. The third kappa shape index (κ3) is 6.89. The lowest BCUT2D eigenvalue weighted by molar-refractivity contribution is -0.139. The van der Waals surface area contributed by atoms with E-state index in [1.165, 1.54) is 12.1 Å². The van der Waals surface area contributed by atoms with Crippen molar-refractivity contribution in [2.24, 2.45) is 4.99 Å². The zero-order chi connectivity index (χ0) is 24.5. The van der Waals surface area contributed by atoms with Crippen LogP contribution >= 0.6 is 0 Å². The maximum Gasteiger partial charge on any atom is 0.341 e. The molecule has 0 aromatic heterocycles. The molecule has 0 radical (unpaired) electrons. The van der Waals surface area contributed by atoms with E-state index in [0.29, 0.717) is 25.5 Å². The van der Waals surface area contributed by atoms with E-state index < -0.39 is 18.4 Å². The van der Waals surface area contributed by atoms with Crippen molar-refractivity contribution >= 4 is 17.9 Å². The fraction of sp³-hybridized carbons (Fsp3) is 0.259. The molecule has 0 aliphatic heterocycles. The maximum atomic E-state index is 14.1. The van der Waals surface area contributed by atoms with Gasteiger partial charge in [-0.25, -0.2) is 9.18 Å². The zero-order valence-corrected chi connectivity index (χ0v) is 19.5. The highest BCUT2D eigenvalue weighted by Gasteiger charge is 2.10. The van der Waals surface area contributed by atoms with Crippen LogP contribution < -0.4 is 9.47 Å². The molecular formula is C27H28FNO5. The third-order valence-corrected chi connectivity index (χ3v) is 5.01. The van der Waals surface area contributed by atoms with Gasteiger partial charge < -0.3 is 19.3 Å². The number of carbonyl (C=O) groups is 1. The molecule has 0 fully saturated rings. The molecule has 0 saturated heterocycles. The van der Waals surface area contributed by atoms with Crippen LogP contribution in [0.3, 0.4) is 0 Å². The summed E-state index contributed by atoms with van der Waals surface area (Å²) < 4.78 is 30.2. The van der Waals surface area contributed by atoms with Crippen LogP contribution in [0.1, 0.15) is 23.6 Å². The summed E-state index contributed by atoms with van der Waals surface area (Å²) in [4.78, 5) is 14.9. The minimum absolute atomic E-state index is 0.125. The topological polar surface area (TPSA) is 77.3 Å². The second-order valence-corrected chi connectivity index (χ2v) is 7.66. The number of halogens is 1. The van der Waals surface area contributed by atoms with E-state index in [1.54, 1.807) is 12.3 Å². The predicted molar refractivity (Wildman–Crippen MR) is 130 cm³/mol. The lowest BCUT2D eigenvalue weighted by atomic mass is 9.94. The Kier molecular flexibility index (Phi) is 8.76. The lowest BCUT2D eigenvalue weighted by Crippen LogP contribution is -2.10. The Hall–Kier alpha value is -3.71. The molecule has 0 atom stereocenters. The smallest absolute Gasteiger partial charge is 0.341 e. The van der Waals surface area contributed by atoms with Crippen LogP contribution in [-0.2, 0) is 9.53 Å². The summed E-state index contributed by atoms with van der Waals surface area (Å²) in [7, 11) is 0. The molecular weight excluding hydrogens is 437 g/mol. The van der Waals surface area contributed by atoms with Crippen LogP contribution in [0.5, 0.6) is 11.5 Å². The second kappa shape index (κ2) is 12.0. The van der Waals surface area contributed by atoms with Gasteiger partial charge in [-0.15, -0.1) is 0 Å². The Morgan fingerprint density at radius 2 is 1.79 bits per heavy atom. The number of aliphatic imine (C=N–C) groups is 1. The number of aryl methyl sites for hydroxylation is 2. The first-order valence-corrected chi connectivity index (χ1v) is 11.0. The summed E-state index contributed by atoms with van der Waals surface area (Å²) in [6.07, 6.45) is 1.66. The van der Waals surface area contributed by atoms with E-state index in [9.17, 15) is 9.18 Å². The van der Waals surface area contributed by atoms with Gasteiger partial charge in [-0.1, -0.05) is 18.2 Å². The monoisotopic (exact) mass is 465 g/mol. The normalized spacial score (nSPS) is 11.1. The predicted octanol–water partition coefficient (Wildman–Crippen LogP) is 5.74. The minimum Gasteiger partial charge on any atom is -0.491 e. The molecule has 0 aliphatic carbocycles. The van der Waals surface area contributed by atoms with Crippen molar-refractivity contribution in [1.82, 2.24) is 0 Å². The summed E-state index contributed by atoms with van der Waals surface area (Å²) in [6, 6.07) is 16.1. The molecule has 3 aromatic rings. The van der Waals surface area contributed by atoms with Gasteiger partial charge in [0.2, 0.25) is 0 Å². The van der Waals surface area contributed by atoms with Gasteiger partial charge >= 0.3 is 5.97 Å². The number of nitrogens with zero attached hydrogens (tertiary/aromatic N) is 1. The molecule has 3 aromatic carbocycles. The fourth-order valence-electron chi connectivity index (χ4n) is 3.58. The van der Waals surface area contributed by atoms with Gasteiger partial charge in [0.25, 0.3) is 0 Å². The van der Waals surface area contributed by atoms with Crippen LogP contribution in [0.2, 0.25) is 0 Å². The molecule has 0 saturated carbocycles. The van der Waals surface area contributed by atoms with Crippen molar-refractivity contribution in [2.45, 2.75) is 20.8 Å². The zero-order valence-electron chi connectivity index (χ0n) is 19.5. The molecule has 7 heteroatoms. The molecule has 0 heterocycles. The fourth-order valence-corrected chi connectivity index (χ4v) is 3.58. The summed E-state index contributed by atoms with van der Waals surface area (Å²) in [5, 5.41) is 8.65.